The molecule has 4 heteroatoms. The maximum absolute atomic E-state index is 12.4. The third kappa shape index (κ3) is 11.8. The molecule has 0 fully saturated rings. The smallest absolute Gasteiger partial charge is 0.409 e. The Morgan fingerprint density at radius 1 is 0.839 bits per heavy atom. The second-order valence-corrected chi connectivity index (χ2v) is 10.3. The lowest BCUT2D eigenvalue weighted by Crippen LogP contribution is -2.29. The molecule has 0 atom stereocenters. The second-order valence-electron chi connectivity index (χ2n) is 10.3. The van der Waals surface area contributed by atoms with Gasteiger partial charge in [0.25, 0.3) is 0 Å². The van der Waals surface area contributed by atoms with Crippen LogP contribution in [-0.2, 0) is 9.53 Å². The number of hydrogen-bond acceptors (Lipinski definition) is 3. The average Bonchev–Trinajstić information content (AvgIpc) is 2.73. The third-order valence-corrected chi connectivity index (χ3v) is 6.75. The number of hydrogen-bond donors (Lipinski definition) is 0. The molecular formula is C27H49NO3. The van der Waals surface area contributed by atoms with Gasteiger partial charge in [0.1, 0.15) is 0 Å². The van der Waals surface area contributed by atoms with Crippen molar-refractivity contribution in [3.8, 4) is 0 Å². The first kappa shape index (κ1) is 27.7. The maximum Gasteiger partial charge on any atom is 0.409 e. The highest BCUT2D eigenvalue weighted by molar-refractivity contribution is 6.00. The van der Waals surface area contributed by atoms with Crippen molar-refractivity contribution in [2.45, 2.75) is 124 Å². The Morgan fingerprint density at radius 2 is 1.29 bits per heavy atom. The Morgan fingerprint density at radius 3 is 1.77 bits per heavy atom. The van der Waals surface area contributed by atoms with Crippen LogP contribution in [0.25, 0.3) is 0 Å². The van der Waals surface area contributed by atoms with E-state index in [1.54, 1.807) is 14.1 Å². The monoisotopic (exact) mass is 435 g/mol. The van der Waals surface area contributed by atoms with E-state index in [1.165, 1.54) is 81.1 Å². The van der Waals surface area contributed by atoms with Crippen LogP contribution in [0.4, 0.5) is 4.79 Å². The fourth-order valence-electron chi connectivity index (χ4n) is 4.42. The number of unbranched alkanes of at least 4 members (excludes halogenated alkanes) is 12. The zero-order chi connectivity index (χ0) is 23.1. The summed E-state index contributed by atoms with van der Waals surface area (Å²) in [4.78, 5) is 25.1. The van der Waals surface area contributed by atoms with E-state index < -0.39 is 0 Å². The molecule has 0 saturated heterocycles. The fraction of sp³-hybridized carbons (Fsp3) is 0.852. The minimum atomic E-state index is -0.239. The predicted molar refractivity (Wildman–Crippen MR) is 130 cm³/mol. The van der Waals surface area contributed by atoms with E-state index in [0.29, 0.717) is 12.4 Å². The largest absolute Gasteiger partial charge is 0.449 e. The molecule has 1 aliphatic rings. The van der Waals surface area contributed by atoms with Crippen LogP contribution in [0, 0.1) is 5.41 Å². The number of allylic oxidation sites excluding steroid dienone is 2. The summed E-state index contributed by atoms with van der Waals surface area (Å²) in [7, 11) is 3.42. The van der Waals surface area contributed by atoms with Gasteiger partial charge in [-0.05, 0) is 44.6 Å². The van der Waals surface area contributed by atoms with Gasteiger partial charge in [0.2, 0.25) is 0 Å². The molecule has 0 aromatic heterocycles. The summed E-state index contributed by atoms with van der Waals surface area (Å²) in [5.41, 5.74) is 2.35. The van der Waals surface area contributed by atoms with Crippen molar-refractivity contribution in [1.29, 1.82) is 0 Å². The van der Waals surface area contributed by atoms with Gasteiger partial charge in [-0.3, -0.25) is 4.79 Å². The van der Waals surface area contributed by atoms with Crippen LogP contribution < -0.4 is 0 Å². The van der Waals surface area contributed by atoms with E-state index in [4.69, 9.17) is 4.74 Å². The molecule has 1 amide bonds. The molecule has 0 radical (unpaired) electrons. The van der Waals surface area contributed by atoms with Crippen LogP contribution in [0.3, 0.4) is 0 Å². The molecule has 0 aromatic rings. The Balaban J connectivity index is 1.86. The first-order valence-electron chi connectivity index (χ1n) is 12.8. The molecule has 0 spiro atoms. The van der Waals surface area contributed by atoms with Gasteiger partial charge >= 0.3 is 6.09 Å². The van der Waals surface area contributed by atoms with Gasteiger partial charge in [0, 0.05) is 19.5 Å². The van der Waals surface area contributed by atoms with Gasteiger partial charge in [0.05, 0.1) is 6.61 Å². The predicted octanol–water partition coefficient (Wildman–Crippen LogP) is 7.85. The Labute approximate surface area is 192 Å². The van der Waals surface area contributed by atoms with Crippen LogP contribution in [0.2, 0.25) is 0 Å². The van der Waals surface area contributed by atoms with Gasteiger partial charge < -0.3 is 9.64 Å². The highest BCUT2D eigenvalue weighted by Crippen LogP contribution is 2.37. The summed E-state index contributed by atoms with van der Waals surface area (Å²) in [6, 6.07) is 0. The lowest BCUT2D eigenvalue weighted by molar-refractivity contribution is -0.124. The highest BCUT2D eigenvalue weighted by Gasteiger charge is 2.33. The lowest BCUT2D eigenvalue weighted by atomic mass is 9.73. The molecule has 1 aliphatic carbocycles. The highest BCUT2D eigenvalue weighted by atomic mass is 16.6. The van der Waals surface area contributed by atoms with Crippen molar-refractivity contribution in [3.63, 3.8) is 0 Å². The molecule has 4 nitrogen and oxygen atoms in total. The van der Waals surface area contributed by atoms with E-state index in [0.717, 1.165) is 37.7 Å². The number of carbonyl (C=O) groups is 2. The molecule has 1 rings (SSSR count). The molecule has 0 unspecified atom stereocenters. The third-order valence-electron chi connectivity index (χ3n) is 6.75. The number of amides is 1. The fourth-order valence-corrected chi connectivity index (χ4v) is 4.42. The van der Waals surface area contributed by atoms with E-state index in [9.17, 15) is 9.59 Å². The van der Waals surface area contributed by atoms with E-state index in [1.807, 2.05) is 6.92 Å². The van der Waals surface area contributed by atoms with Crippen LogP contribution in [0.15, 0.2) is 11.1 Å². The first-order chi connectivity index (χ1) is 14.8. The van der Waals surface area contributed by atoms with Gasteiger partial charge in [-0.1, -0.05) is 90.0 Å². The number of rotatable bonds is 16. The first-order valence-corrected chi connectivity index (χ1v) is 12.8. The Kier molecular flexibility index (Phi) is 13.8. The summed E-state index contributed by atoms with van der Waals surface area (Å²) in [5.74, 6) is 0.374. The zero-order valence-corrected chi connectivity index (χ0v) is 21.2. The number of ketones is 1. The number of ether oxygens (including phenoxy) is 1. The number of carbonyl (C=O) groups excluding carboxylic acids is 2. The molecule has 0 bridgehead atoms. The summed E-state index contributed by atoms with van der Waals surface area (Å²) >= 11 is 0. The minimum Gasteiger partial charge on any atom is -0.449 e. The maximum atomic E-state index is 12.4. The topological polar surface area (TPSA) is 46.6 Å². The van der Waals surface area contributed by atoms with Crippen molar-refractivity contribution in [2.75, 3.05) is 20.7 Å². The standard InChI is InChI=1S/C27H49NO3/c1-23-24(20-21-27(2,3)25(23)29)19-17-15-13-11-9-7-6-8-10-12-14-16-18-22-31-26(30)28(4)5/h6-22H2,1-5H3. The van der Waals surface area contributed by atoms with Crippen molar-refractivity contribution >= 4 is 11.9 Å². The van der Waals surface area contributed by atoms with Crippen molar-refractivity contribution < 1.29 is 14.3 Å². The Bertz CT molecular complexity index is 563. The lowest BCUT2D eigenvalue weighted by Gasteiger charge is -2.30. The van der Waals surface area contributed by atoms with Crippen LogP contribution >= 0.6 is 0 Å². The molecule has 180 valence electrons. The van der Waals surface area contributed by atoms with Gasteiger partial charge in [-0.15, -0.1) is 0 Å². The SMILES string of the molecule is CC1=C(CCCCCCCCCCCCCCCOC(=O)N(C)C)CCC(C)(C)C1=O. The zero-order valence-electron chi connectivity index (χ0n) is 21.2. The quantitative estimate of drug-likeness (QED) is 0.232. The molecule has 0 aromatic carbocycles. The van der Waals surface area contributed by atoms with E-state index in [2.05, 4.69) is 13.8 Å². The van der Waals surface area contributed by atoms with Gasteiger partial charge in [0.15, 0.2) is 5.78 Å². The van der Waals surface area contributed by atoms with Gasteiger partial charge in [-0.25, -0.2) is 4.79 Å². The molecular weight excluding hydrogens is 386 g/mol. The molecule has 31 heavy (non-hydrogen) atoms. The minimum absolute atomic E-state index is 0.143. The molecule has 0 heterocycles. The van der Waals surface area contributed by atoms with E-state index >= 15 is 0 Å². The molecule has 0 N–H and O–H groups in total. The van der Waals surface area contributed by atoms with Crippen LogP contribution in [0.5, 0.6) is 0 Å². The summed E-state index contributed by atoms with van der Waals surface area (Å²) in [6.45, 7) is 6.76. The van der Waals surface area contributed by atoms with Gasteiger partial charge in [-0.2, -0.15) is 0 Å². The summed E-state index contributed by atoms with van der Waals surface area (Å²) in [6.07, 6.45) is 19.7. The average molecular weight is 436 g/mol. The number of nitrogens with zero attached hydrogens (tertiary/aromatic N) is 1. The Hall–Kier alpha value is -1.32. The normalized spacial score (nSPS) is 16.0. The molecule has 0 saturated carbocycles. The van der Waals surface area contributed by atoms with Crippen molar-refractivity contribution in [2.24, 2.45) is 5.41 Å². The molecule has 0 aliphatic heterocycles. The van der Waals surface area contributed by atoms with Crippen LogP contribution in [0.1, 0.15) is 124 Å². The number of Topliss-reactive ketones (excluding diaryl/α,β-unsaturated/α-hetero) is 1. The van der Waals surface area contributed by atoms with E-state index in [-0.39, 0.29) is 11.5 Å². The van der Waals surface area contributed by atoms with Crippen molar-refractivity contribution in [3.05, 3.63) is 11.1 Å². The summed E-state index contributed by atoms with van der Waals surface area (Å²) in [5, 5.41) is 0. The van der Waals surface area contributed by atoms with Crippen LogP contribution in [-0.4, -0.2) is 37.5 Å². The summed E-state index contributed by atoms with van der Waals surface area (Å²) < 4.78 is 5.13. The second kappa shape index (κ2) is 15.5. The van der Waals surface area contributed by atoms with Crippen molar-refractivity contribution in [1.82, 2.24) is 4.90 Å².